The van der Waals surface area contributed by atoms with Crippen molar-refractivity contribution in [3.8, 4) is 0 Å². The number of rotatable bonds is 5. The van der Waals surface area contributed by atoms with Gasteiger partial charge in [0.25, 0.3) is 5.91 Å². The van der Waals surface area contributed by atoms with Gasteiger partial charge in [0.15, 0.2) is 14.6 Å². The number of carbonyl (C=O) groups is 1. The van der Waals surface area contributed by atoms with Gasteiger partial charge in [-0.1, -0.05) is 42.9 Å². The molecule has 1 amide bonds. The quantitative estimate of drug-likeness (QED) is 0.653. The van der Waals surface area contributed by atoms with Crippen molar-refractivity contribution in [3.05, 3.63) is 58.4 Å². The van der Waals surface area contributed by atoms with Crippen LogP contribution in [0.15, 0.2) is 52.4 Å². The Morgan fingerprint density at radius 2 is 1.93 bits per heavy atom. The minimum absolute atomic E-state index is 0.00404. The number of carbonyl (C=O) groups excluding carboxylic acids is 1. The largest absolute Gasteiger partial charge is 0.319 e. The molecule has 2 aromatic carbocycles. The summed E-state index contributed by atoms with van der Waals surface area (Å²) in [6, 6.07) is 12.5. The number of sulfone groups is 1. The number of aryl methyl sites for hydroxylation is 2. The number of aromatic nitrogens is 1. The summed E-state index contributed by atoms with van der Waals surface area (Å²) in [7, 11) is -1.64. The Hall–Kier alpha value is -2.25. The molecule has 1 heterocycles. The fourth-order valence-electron chi connectivity index (χ4n) is 2.94. The van der Waals surface area contributed by atoms with Crippen LogP contribution in [0.1, 0.15) is 35.7 Å². The van der Waals surface area contributed by atoms with Crippen LogP contribution in [-0.2, 0) is 23.3 Å². The Kier molecular flexibility index (Phi) is 5.62. The molecule has 0 unspecified atom stereocenters. The van der Waals surface area contributed by atoms with E-state index in [9.17, 15) is 13.2 Å². The number of nitrogens with zero attached hydrogens (tertiary/aromatic N) is 2. The molecule has 142 valence electrons. The van der Waals surface area contributed by atoms with Crippen LogP contribution in [0.2, 0.25) is 0 Å². The van der Waals surface area contributed by atoms with Gasteiger partial charge < -0.3 is 4.57 Å². The first-order valence-corrected chi connectivity index (χ1v) is 11.5. The smallest absolute Gasteiger partial charge is 0.280 e. The maximum Gasteiger partial charge on any atom is 0.280 e. The third-order valence-electron chi connectivity index (χ3n) is 4.41. The van der Waals surface area contributed by atoms with Gasteiger partial charge in [0.1, 0.15) is 0 Å². The highest BCUT2D eigenvalue weighted by Crippen LogP contribution is 2.20. The minimum atomic E-state index is -3.50. The van der Waals surface area contributed by atoms with Crippen LogP contribution in [0.3, 0.4) is 0 Å². The molecular formula is C20H22N2O3S2. The van der Waals surface area contributed by atoms with Gasteiger partial charge >= 0.3 is 0 Å². The van der Waals surface area contributed by atoms with Gasteiger partial charge in [0, 0.05) is 13.3 Å². The van der Waals surface area contributed by atoms with Crippen LogP contribution in [-0.4, -0.2) is 25.1 Å². The van der Waals surface area contributed by atoms with Crippen molar-refractivity contribution in [2.45, 2.75) is 31.1 Å². The molecule has 1 aromatic heterocycles. The van der Waals surface area contributed by atoms with E-state index >= 15 is 0 Å². The van der Waals surface area contributed by atoms with Crippen molar-refractivity contribution in [2.24, 2.45) is 12.0 Å². The highest BCUT2D eigenvalue weighted by atomic mass is 32.2. The van der Waals surface area contributed by atoms with E-state index in [2.05, 4.69) is 24.0 Å². The number of hydrogen-bond acceptors (Lipinski definition) is 4. The number of unbranched alkanes of at least 4 members (excludes halogenated alkanes) is 1. The fraction of sp³-hybridized carbons (Fsp3) is 0.300. The van der Waals surface area contributed by atoms with Gasteiger partial charge in [0.05, 0.1) is 20.7 Å². The summed E-state index contributed by atoms with van der Waals surface area (Å²) in [5.41, 5.74) is 2.37. The van der Waals surface area contributed by atoms with Gasteiger partial charge in [0.2, 0.25) is 0 Å². The second kappa shape index (κ2) is 7.78. The summed E-state index contributed by atoms with van der Waals surface area (Å²) < 4.78 is 26.8. The normalized spacial score (nSPS) is 12.6. The van der Waals surface area contributed by atoms with E-state index in [0.29, 0.717) is 4.80 Å². The topological polar surface area (TPSA) is 68.5 Å². The Labute approximate surface area is 162 Å². The maximum atomic E-state index is 12.7. The van der Waals surface area contributed by atoms with Gasteiger partial charge in [-0.3, -0.25) is 4.79 Å². The monoisotopic (exact) mass is 402 g/mol. The molecule has 0 aliphatic carbocycles. The molecule has 0 saturated heterocycles. The average molecular weight is 403 g/mol. The fourth-order valence-corrected chi connectivity index (χ4v) is 4.90. The first kappa shape index (κ1) is 19.5. The van der Waals surface area contributed by atoms with Crippen LogP contribution in [0, 0.1) is 0 Å². The summed E-state index contributed by atoms with van der Waals surface area (Å²) in [4.78, 5) is 17.4. The summed E-state index contributed by atoms with van der Waals surface area (Å²) in [6.07, 6.45) is 4.41. The Bertz CT molecular complexity index is 1170. The Morgan fingerprint density at radius 3 is 2.63 bits per heavy atom. The highest BCUT2D eigenvalue weighted by Gasteiger charge is 2.18. The van der Waals surface area contributed by atoms with E-state index in [1.54, 1.807) is 12.1 Å². The zero-order valence-electron chi connectivity index (χ0n) is 15.6. The van der Waals surface area contributed by atoms with E-state index < -0.39 is 15.7 Å². The molecule has 0 aliphatic heterocycles. The van der Waals surface area contributed by atoms with Crippen molar-refractivity contribution < 1.29 is 13.2 Å². The van der Waals surface area contributed by atoms with E-state index in [0.717, 1.165) is 35.7 Å². The van der Waals surface area contributed by atoms with Crippen LogP contribution in [0.25, 0.3) is 10.2 Å². The molecule has 3 rings (SSSR count). The predicted molar refractivity (Wildman–Crippen MR) is 109 cm³/mol. The molecule has 0 fully saturated rings. The zero-order chi connectivity index (χ0) is 19.6. The van der Waals surface area contributed by atoms with Crippen LogP contribution < -0.4 is 4.80 Å². The summed E-state index contributed by atoms with van der Waals surface area (Å²) in [6.45, 7) is 2.17. The molecule has 0 radical (unpaired) electrons. The Balaban J connectivity index is 2.06. The molecule has 7 heteroatoms. The number of amides is 1. The van der Waals surface area contributed by atoms with Gasteiger partial charge in [-0.25, -0.2) is 8.42 Å². The summed E-state index contributed by atoms with van der Waals surface area (Å²) >= 11 is 1.43. The molecule has 0 spiro atoms. The number of thiazole rings is 1. The average Bonchev–Trinajstić information content (AvgIpc) is 2.94. The van der Waals surface area contributed by atoms with Crippen molar-refractivity contribution in [1.29, 1.82) is 0 Å². The first-order chi connectivity index (χ1) is 12.8. The first-order valence-electron chi connectivity index (χ1n) is 8.78. The number of hydrogen-bond donors (Lipinski definition) is 0. The third kappa shape index (κ3) is 4.20. The van der Waals surface area contributed by atoms with E-state index in [1.807, 2.05) is 17.7 Å². The molecule has 0 atom stereocenters. The molecule has 27 heavy (non-hydrogen) atoms. The van der Waals surface area contributed by atoms with Crippen molar-refractivity contribution in [1.82, 2.24) is 4.57 Å². The van der Waals surface area contributed by atoms with Crippen LogP contribution in [0.5, 0.6) is 0 Å². The van der Waals surface area contributed by atoms with E-state index in [-0.39, 0.29) is 10.5 Å². The number of fused-ring (bicyclic) bond motifs is 1. The molecule has 0 N–H and O–H groups in total. The Morgan fingerprint density at radius 1 is 1.19 bits per heavy atom. The van der Waals surface area contributed by atoms with Crippen molar-refractivity contribution in [3.63, 3.8) is 0 Å². The lowest BCUT2D eigenvalue weighted by Gasteiger charge is -2.03. The summed E-state index contributed by atoms with van der Waals surface area (Å²) in [5.74, 6) is -0.551. The van der Waals surface area contributed by atoms with Crippen LogP contribution >= 0.6 is 11.3 Å². The second-order valence-corrected chi connectivity index (χ2v) is 9.53. The van der Waals surface area contributed by atoms with E-state index in [1.165, 1.54) is 29.0 Å². The molecule has 0 bridgehead atoms. The molecule has 0 saturated carbocycles. The van der Waals surface area contributed by atoms with Gasteiger partial charge in [-0.2, -0.15) is 4.99 Å². The van der Waals surface area contributed by atoms with Crippen molar-refractivity contribution in [2.75, 3.05) is 6.26 Å². The third-order valence-corrected chi connectivity index (χ3v) is 6.66. The van der Waals surface area contributed by atoms with Gasteiger partial charge in [-0.05, 0) is 42.7 Å². The van der Waals surface area contributed by atoms with Gasteiger partial charge in [-0.15, -0.1) is 0 Å². The predicted octanol–water partition coefficient (Wildman–Crippen LogP) is 3.73. The van der Waals surface area contributed by atoms with Crippen molar-refractivity contribution >= 4 is 37.3 Å². The number of benzene rings is 2. The maximum absolute atomic E-state index is 12.7. The molecule has 3 aromatic rings. The molecular weight excluding hydrogens is 380 g/mol. The zero-order valence-corrected chi connectivity index (χ0v) is 17.2. The highest BCUT2D eigenvalue weighted by molar-refractivity contribution is 7.90. The minimum Gasteiger partial charge on any atom is -0.319 e. The summed E-state index contributed by atoms with van der Waals surface area (Å²) in [5, 5.41) is 0. The van der Waals surface area contributed by atoms with E-state index in [4.69, 9.17) is 0 Å². The lowest BCUT2D eigenvalue weighted by Crippen LogP contribution is -2.15. The molecule has 0 aliphatic rings. The lowest BCUT2D eigenvalue weighted by molar-refractivity contribution is 0.0995. The van der Waals surface area contributed by atoms with Crippen LogP contribution in [0.4, 0.5) is 0 Å². The second-order valence-electron chi connectivity index (χ2n) is 6.53. The molecule has 5 nitrogen and oxygen atoms in total. The lowest BCUT2D eigenvalue weighted by atomic mass is 10.1. The SMILES string of the molecule is CCCCc1ccc2c(c1)sc(=NC(=O)c1ccccc1S(C)(=O)=O)n2C. The standard InChI is InChI=1S/C20H22N2O3S2/c1-4-5-8-14-11-12-16-17(13-14)26-20(22(16)2)21-19(23)15-9-6-7-10-18(15)27(3,24)25/h6-7,9-13H,4-5,8H2,1-3H3.